The highest BCUT2D eigenvalue weighted by Crippen LogP contribution is 2.29. The quantitative estimate of drug-likeness (QED) is 0.895. The van der Waals surface area contributed by atoms with E-state index in [0.29, 0.717) is 17.7 Å². The summed E-state index contributed by atoms with van der Waals surface area (Å²) in [5.74, 6) is 1.15. The highest BCUT2D eigenvalue weighted by atomic mass is 32.2. The second-order valence-corrected chi connectivity index (χ2v) is 6.28. The molecule has 1 aliphatic rings. The summed E-state index contributed by atoms with van der Waals surface area (Å²) in [6.45, 7) is 0.180. The molecule has 1 fully saturated rings. The molecule has 7 heteroatoms. The van der Waals surface area contributed by atoms with Gasteiger partial charge in [0, 0.05) is 12.3 Å². The molecule has 0 spiro atoms. The van der Waals surface area contributed by atoms with E-state index in [9.17, 15) is 23.1 Å². The van der Waals surface area contributed by atoms with Crippen LogP contribution in [0.2, 0.25) is 0 Å². The van der Waals surface area contributed by atoms with Gasteiger partial charge >= 0.3 is 6.18 Å². The fourth-order valence-corrected chi connectivity index (χ4v) is 3.35. The van der Waals surface area contributed by atoms with Gasteiger partial charge in [0.1, 0.15) is 0 Å². The van der Waals surface area contributed by atoms with Gasteiger partial charge in [-0.25, -0.2) is 0 Å². The molecule has 1 aromatic carbocycles. The summed E-state index contributed by atoms with van der Waals surface area (Å²) in [4.78, 5) is 11.7. The molecule has 1 aliphatic heterocycles. The highest BCUT2D eigenvalue weighted by molar-refractivity contribution is 7.99. The fraction of sp³-hybridized carbons (Fsp3) is 0.500. The monoisotopic (exact) mass is 319 g/mol. The Bertz CT molecular complexity index is 496. The molecule has 21 heavy (non-hydrogen) atoms. The van der Waals surface area contributed by atoms with Crippen LogP contribution in [-0.2, 0) is 17.4 Å². The maximum atomic E-state index is 12.4. The summed E-state index contributed by atoms with van der Waals surface area (Å²) in [7, 11) is 0. The van der Waals surface area contributed by atoms with E-state index in [1.54, 1.807) is 11.8 Å². The number of alkyl halides is 3. The lowest BCUT2D eigenvalue weighted by molar-refractivity contribution is -0.137. The number of aliphatic hydroxyl groups is 1. The Morgan fingerprint density at radius 1 is 1.33 bits per heavy atom. The molecule has 1 amide bonds. The van der Waals surface area contributed by atoms with Crippen molar-refractivity contribution in [2.75, 3.05) is 18.1 Å². The molecule has 1 heterocycles. The molecule has 116 valence electrons. The summed E-state index contributed by atoms with van der Waals surface area (Å²) in [5.41, 5.74) is -1.09. The molecule has 2 rings (SSSR count). The normalized spacial score (nSPS) is 22.3. The Labute approximate surface area is 124 Å². The minimum absolute atomic E-state index is 0.00135. The van der Waals surface area contributed by atoms with Crippen molar-refractivity contribution < 1.29 is 23.1 Å². The van der Waals surface area contributed by atoms with Crippen LogP contribution in [0.5, 0.6) is 0 Å². The Morgan fingerprint density at radius 3 is 2.52 bits per heavy atom. The summed E-state index contributed by atoms with van der Waals surface area (Å²) < 4.78 is 37.2. The summed E-state index contributed by atoms with van der Waals surface area (Å²) in [6, 6.07) is 4.51. The first-order valence-electron chi connectivity index (χ1n) is 6.51. The van der Waals surface area contributed by atoms with E-state index >= 15 is 0 Å². The van der Waals surface area contributed by atoms with Crippen molar-refractivity contribution in [3.63, 3.8) is 0 Å². The highest BCUT2D eigenvalue weighted by Gasteiger charge is 2.32. The van der Waals surface area contributed by atoms with Crippen LogP contribution in [0.25, 0.3) is 0 Å². The third kappa shape index (κ3) is 4.64. The zero-order valence-electron chi connectivity index (χ0n) is 11.2. The van der Waals surface area contributed by atoms with Gasteiger partial charge in [-0.2, -0.15) is 24.9 Å². The van der Waals surface area contributed by atoms with E-state index in [-0.39, 0.29) is 18.9 Å². The number of carbonyl (C=O) groups excluding carboxylic acids is 1. The van der Waals surface area contributed by atoms with Crippen molar-refractivity contribution >= 4 is 17.7 Å². The van der Waals surface area contributed by atoms with Crippen molar-refractivity contribution in [1.29, 1.82) is 0 Å². The smallest absolute Gasteiger partial charge is 0.387 e. The van der Waals surface area contributed by atoms with Gasteiger partial charge in [-0.1, -0.05) is 12.1 Å². The van der Waals surface area contributed by atoms with Crippen LogP contribution in [0.3, 0.4) is 0 Å². The minimum Gasteiger partial charge on any atom is -0.387 e. The number of benzene rings is 1. The molecule has 1 aromatic rings. The second kappa shape index (κ2) is 6.27. The van der Waals surface area contributed by atoms with Crippen LogP contribution in [0.4, 0.5) is 13.2 Å². The van der Waals surface area contributed by atoms with E-state index in [2.05, 4.69) is 5.32 Å². The molecule has 0 bridgehead atoms. The maximum Gasteiger partial charge on any atom is 0.416 e. The summed E-state index contributed by atoms with van der Waals surface area (Å²) in [6.07, 6.45) is -3.73. The largest absolute Gasteiger partial charge is 0.416 e. The average Bonchev–Trinajstić information content (AvgIpc) is 2.84. The van der Waals surface area contributed by atoms with Crippen LogP contribution in [0.15, 0.2) is 24.3 Å². The third-order valence-electron chi connectivity index (χ3n) is 3.34. The second-order valence-electron chi connectivity index (χ2n) is 5.18. The lowest BCUT2D eigenvalue weighted by Crippen LogP contribution is -2.43. The lowest BCUT2D eigenvalue weighted by Gasteiger charge is -2.21. The van der Waals surface area contributed by atoms with Crippen LogP contribution in [-0.4, -0.2) is 34.7 Å². The van der Waals surface area contributed by atoms with E-state index in [1.165, 1.54) is 12.1 Å². The molecule has 0 aromatic heterocycles. The van der Waals surface area contributed by atoms with Crippen molar-refractivity contribution in [2.24, 2.45) is 0 Å². The third-order valence-corrected chi connectivity index (χ3v) is 4.58. The van der Waals surface area contributed by atoms with Gasteiger partial charge in [0.05, 0.1) is 17.6 Å². The summed E-state index contributed by atoms with van der Waals surface area (Å²) in [5, 5.41) is 12.7. The lowest BCUT2D eigenvalue weighted by atomic mass is 10.0. The van der Waals surface area contributed by atoms with Gasteiger partial charge in [-0.15, -0.1) is 0 Å². The molecule has 1 atom stereocenters. The van der Waals surface area contributed by atoms with Gasteiger partial charge in [0.15, 0.2) is 0 Å². The molecule has 0 aliphatic carbocycles. The van der Waals surface area contributed by atoms with E-state index < -0.39 is 17.3 Å². The number of hydrogen-bond donors (Lipinski definition) is 2. The molecular formula is C14H16F3NO2S. The van der Waals surface area contributed by atoms with Crippen LogP contribution < -0.4 is 5.32 Å². The molecule has 0 saturated carbocycles. The fourth-order valence-electron chi connectivity index (χ4n) is 2.06. The van der Waals surface area contributed by atoms with Crippen LogP contribution in [0, 0.1) is 0 Å². The Hall–Kier alpha value is -1.21. The number of thioether (sulfide) groups is 1. The van der Waals surface area contributed by atoms with Crippen molar-refractivity contribution in [2.45, 2.75) is 24.6 Å². The zero-order valence-corrected chi connectivity index (χ0v) is 12.1. The number of hydrogen-bond acceptors (Lipinski definition) is 3. The zero-order chi connectivity index (χ0) is 15.5. The number of amides is 1. The molecule has 3 nitrogen and oxygen atoms in total. The molecule has 0 unspecified atom stereocenters. The van der Waals surface area contributed by atoms with Gasteiger partial charge in [-0.05, 0) is 29.9 Å². The Morgan fingerprint density at radius 2 is 2.00 bits per heavy atom. The summed E-state index contributed by atoms with van der Waals surface area (Å²) >= 11 is 1.63. The molecular weight excluding hydrogens is 303 g/mol. The predicted molar refractivity (Wildman–Crippen MR) is 75.0 cm³/mol. The molecule has 0 radical (unpaired) electrons. The van der Waals surface area contributed by atoms with Crippen molar-refractivity contribution in [3.8, 4) is 0 Å². The molecule has 2 N–H and O–H groups in total. The number of rotatable bonds is 4. The number of nitrogens with one attached hydrogen (secondary N) is 1. The van der Waals surface area contributed by atoms with Gasteiger partial charge in [0.2, 0.25) is 5.91 Å². The SMILES string of the molecule is O=C(Cc1ccc(C(F)(F)F)cc1)NC[C@]1(O)CCSC1. The average molecular weight is 319 g/mol. The Kier molecular flexibility index (Phi) is 4.83. The van der Waals surface area contributed by atoms with Crippen LogP contribution in [0.1, 0.15) is 17.5 Å². The van der Waals surface area contributed by atoms with Crippen molar-refractivity contribution in [1.82, 2.24) is 5.32 Å². The topological polar surface area (TPSA) is 49.3 Å². The van der Waals surface area contributed by atoms with Gasteiger partial charge in [-0.3, -0.25) is 4.79 Å². The van der Waals surface area contributed by atoms with E-state index in [4.69, 9.17) is 0 Å². The predicted octanol–water partition coefficient (Wildman–Crippen LogP) is 2.23. The van der Waals surface area contributed by atoms with E-state index in [0.717, 1.165) is 17.9 Å². The van der Waals surface area contributed by atoms with Gasteiger partial charge in [0.25, 0.3) is 0 Å². The van der Waals surface area contributed by atoms with E-state index in [1.807, 2.05) is 0 Å². The Balaban J connectivity index is 1.85. The number of halogens is 3. The first-order valence-corrected chi connectivity index (χ1v) is 7.67. The van der Waals surface area contributed by atoms with Gasteiger partial charge < -0.3 is 10.4 Å². The standard InChI is InChI=1S/C14H16F3NO2S/c15-14(16,17)11-3-1-10(2-4-11)7-12(19)18-8-13(20)5-6-21-9-13/h1-4,20H,5-9H2,(H,18,19)/t13-/m1/s1. The minimum atomic E-state index is -4.37. The first-order chi connectivity index (χ1) is 9.78. The van der Waals surface area contributed by atoms with Crippen LogP contribution >= 0.6 is 11.8 Å². The molecule has 1 saturated heterocycles. The maximum absolute atomic E-state index is 12.4. The first kappa shape index (κ1) is 16.2. The number of carbonyl (C=O) groups is 1. The van der Waals surface area contributed by atoms with Crippen molar-refractivity contribution in [3.05, 3.63) is 35.4 Å².